The Hall–Kier alpha value is -1.55. The Morgan fingerprint density at radius 3 is 2.83 bits per heavy atom. The molecule has 0 saturated carbocycles. The number of carbonyl (C=O) groups excluding carboxylic acids is 1. The van der Waals surface area contributed by atoms with E-state index in [2.05, 4.69) is 0 Å². The van der Waals surface area contributed by atoms with E-state index in [1.807, 2.05) is 30.3 Å². The molecule has 0 radical (unpaired) electrons. The Balaban J connectivity index is 1.85. The van der Waals surface area contributed by atoms with Gasteiger partial charge in [0.1, 0.15) is 6.61 Å². The summed E-state index contributed by atoms with van der Waals surface area (Å²) in [5.41, 5.74) is 0.180. The average Bonchev–Trinajstić information content (AvgIpc) is 2.36. The number of aliphatic hydroxyl groups is 1. The molecule has 1 N–H and O–H groups in total. The van der Waals surface area contributed by atoms with Gasteiger partial charge in [0.15, 0.2) is 0 Å². The van der Waals surface area contributed by atoms with E-state index in [9.17, 15) is 9.90 Å². The quantitative estimate of drug-likeness (QED) is 0.874. The molecule has 0 bridgehead atoms. The number of ether oxygens (including phenoxy) is 1. The molecule has 98 valence electrons. The van der Waals surface area contributed by atoms with Crippen molar-refractivity contribution in [3.05, 3.63) is 35.9 Å². The largest absolute Gasteiger partial charge is 0.445 e. The maximum absolute atomic E-state index is 11.9. The molecule has 1 atom stereocenters. The molecule has 1 amide bonds. The molecule has 1 aliphatic heterocycles. The second-order valence-electron chi connectivity index (χ2n) is 5.06. The number of likely N-dealkylation sites (tertiary alicyclic amines) is 1. The number of carbonyl (C=O) groups is 1. The summed E-state index contributed by atoms with van der Waals surface area (Å²) in [5, 5.41) is 9.93. The van der Waals surface area contributed by atoms with Gasteiger partial charge < -0.3 is 14.7 Å². The van der Waals surface area contributed by atoms with Gasteiger partial charge in [0, 0.05) is 6.54 Å². The lowest BCUT2D eigenvalue weighted by molar-refractivity contribution is -0.0169. The van der Waals surface area contributed by atoms with Crippen molar-refractivity contribution < 1.29 is 14.6 Å². The number of benzene rings is 1. The third-order valence-corrected chi connectivity index (χ3v) is 3.14. The van der Waals surface area contributed by atoms with Crippen LogP contribution < -0.4 is 0 Å². The van der Waals surface area contributed by atoms with Crippen LogP contribution in [0.5, 0.6) is 0 Å². The molecule has 4 nitrogen and oxygen atoms in total. The molecule has 1 fully saturated rings. The van der Waals surface area contributed by atoms with E-state index in [-0.39, 0.29) is 12.7 Å². The van der Waals surface area contributed by atoms with Gasteiger partial charge in [-0.15, -0.1) is 0 Å². The summed E-state index contributed by atoms with van der Waals surface area (Å²) in [6, 6.07) is 9.58. The minimum atomic E-state index is -0.788. The van der Waals surface area contributed by atoms with Crippen molar-refractivity contribution in [2.45, 2.75) is 32.0 Å². The molecule has 0 aromatic heterocycles. The third kappa shape index (κ3) is 3.47. The Labute approximate surface area is 107 Å². The van der Waals surface area contributed by atoms with Crippen LogP contribution in [0.2, 0.25) is 0 Å². The number of piperidine rings is 1. The van der Waals surface area contributed by atoms with Crippen LogP contribution in [0.1, 0.15) is 25.3 Å². The standard InChI is InChI=1S/C14H19NO3/c1-14(17)8-5-9-15(11-14)13(16)18-10-12-6-3-2-4-7-12/h2-4,6-7,17H,5,8-11H2,1H3/t14-/m1/s1. The molecule has 1 aliphatic rings. The van der Waals surface area contributed by atoms with E-state index in [4.69, 9.17) is 4.74 Å². The first-order valence-corrected chi connectivity index (χ1v) is 6.25. The normalized spacial score (nSPS) is 23.8. The first-order chi connectivity index (χ1) is 8.57. The van der Waals surface area contributed by atoms with Crippen molar-refractivity contribution in [3.8, 4) is 0 Å². The molecule has 1 aromatic carbocycles. The van der Waals surface area contributed by atoms with Gasteiger partial charge in [-0.05, 0) is 25.3 Å². The topological polar surface area (TPSA) is 49.8 Å². The number of nitrogens with zero attached hydrogens (tertiary/aromatic N) is 1. The van der Waals surface area contributed by atoms with Crippen LogP contribution in [0.15, 0.2) is 30.3 Å². The fraction of sp³-hybridized carbons (Fsp3) is 0.500. The van der Waals surface area contributed by atoms with Crippen molar-refractivity contribution in [3.63, 3.8) is 0 Å². The molecule has 1 saturated heterocycles. The van der Waals surface area contributed by atoms with E-state index in [0.717, 1.165) is 18.4 Å². The van der Waals surface area contributed by atoms with Crippen LogP contribution in [0, 0.1) is 0 Å². The number of amides is 1. The molecular formula is C14H19NO3. The van der Waals surface area contributed by atoms with E-state index in [1.165, 1.54) is 0 Å². The molecule has 18 heavy (non-hydrogen) atoms. The van der Waals surface area contributed by atoms with Gasteiger partial charge in [-0.1, -0.05) is 30.3 Å². The Morgan fingerprint density at radius 1 is 1.44 bits per heavy atom. The Kier molecular flexibility index (Phi) is 3.87. The van der Waals surface area contributed by atoms with Crippen molar-refractivity contribution in [2.24, 2.45) is 0 Å². The molecule has 1 heterocycles. The number of β-amino-alcohol motifs (C(OH)–C–C–N with tert-alkyl or cyclic N) is 1. The van der Waals surface area contributed by atoms with Gasteiger partial charge in [-0.2, -0.15) is 0 Å². The van der Waals surface area contributed by atoms with Gasteiger partial charge in [0.25, 0.3) is 0 Å². The maximum Gasteiger partial charge on any atom is 0.410 e. The first-order valence-electron chi connectivity index (χ1n) is 6.25. The highest BCUT2D eigenvalue weighted by Gasteiger charge is 2.31. The van der Waals surface area contributed by atoms with Crippen LogP contribution in [0.4, 0.5) is 4.79 Å². The zero-order valence-electron chi connectivity index (χ0n) is 10.6. The summed E-state index contributed by atoms with van der Waals surface area (Å²) in [6.45, 7) is 3.03. The second kappa shape index (κ2) is 5.40. The van der Waals surface area contributed by atoms with E-state index in [1.54, 1.807) is 11.8 Å². The fourth-order valence-electron chi connectivity index (χ4n) is 2.19. The molecule has 0 aliphatic carbocycles. The molecule has 4 heteroatoms. The van der Waals surface area contributed by atoms with Crippen molar-refractivity contribution in [1.82, 2.24) is 4.90 Å². The van der Waals surface area contributed by atoms with Gasteiger partial charge in [0.2, 0.25) is 0 Å². The number of rotatable bonds is 2. The minimum absolute atomic E-state index is 0.276. The SMILES string of the molecule is C[C@@]1(O)CCCN(C(=O)OCc2ccccc2)C1. The van der Waals surface area contributed by atoms with Crippen LogP contribution in [-0.2, 0) is 11.3 Å². The molecule has 1 aromatic rings. The highest BCUT2D eigenvalue weighted by atomic mass is 16.6. The zero-order valence-corrected chi connectivity index (χ0v) is 10.6. The van der Waals surface area contributed by atoms with E-state index >= 15 is 0 Å². The molecule has 0 unspecified atom stereocenters. The highest BCUT2D eigenvalue weighted by molar-refractivity contribution is 5.67. The summed E-state index contributed by atoms with van der Waals surface area (Å²) in [6.07, 6.45) is 1.20. The molecule has 2 rings (SSSR count). The Bertz CT molecular complexity index is 403. The fourth-order valence-corrected chi connectivity index (χ4v) is 2.19. The highest BCUT2D eigenvalue weighted by Crippen LogP contribution is 2.20. The van der Waals surface area contributed by atoms with Crippen LogP contribution in [0.25, 0.3) is 0 Å². The lowest BCUT2D eigenvalue weighted by Gasteiger charge is -2.36. The summed E-state index contributed by atoms with van der Waals surface area (Å²) < 4.78 is 5.24. The molecule has 0 spiro atoms. The summed E-state index contributed by atoms with van der Waals surface area (Å²) in [7, 11) is 0. The van der Waals surface area contributed by atoms with Gasteiger partial charge >= 0.3 is 6.09 Å². The van der Waals surface area contributed by atoms with Gasteiger partial charge in [-0.25, -0.2) is 4.79 Å². The predicted molar refractivity (Wildman–Crippen MR) is 68.1 cm³/mol. The van der Waals surface area contributed by atoms with Gasteiger partial charge in [-0.3, -0.25) is 0 Å². The van der Waals surface area contributed by atoms with Crippen molar-refractivity contribution in [2.75, 3.05) is 13.1 Å². The summed E-state index contributed by atoms with van der Waals surface area (Å²) in [4.78, 5) is 13.4. The summed E-state index contributed by atoms with van der Waals surface area (Å²) >= 11 is 0. The van der Waals surface area contributed by atoms with Crippen LogP contribution >= 0.6 is 0 Å². The van der Waals surface area contributed by atoms with E-state index in [0.29, 0.717) is 13.1 Å². The number of hydrogen-bond donors (Lipinski definition) is 1. The first kappa shape index (κ1) is 12.9. The summed E-state index contributed by atoms with van der Waals surface area (Å²) in [5.74, 6) is 0. The predicted octanol–water partition coefficient (Wildman–Crippen LogP) is 2.17. The monoisotopic (exact) mass is 249 g/mol. The molecular weight excluding hydrogens is 230 g/mol. The van der Waals surface area contributed by atoms with Crippen LogP contribution in [-0.4, -0.2) is 34.8 Å². The Morgan fingerprint density at radius 2 is 2.17 bits per heavy atom. The lowest BCUT2D eigenvalue weighted by Crippen LogP contribution is -2.48. The number of hydrogen-bond acceptors (Lipinski definition) is 3. The van der Waals surface area contributed by atoms with Crippen molar-refractivity contribution >= 4 is 6.09 Å². The zero-order chi connectivity index (χ0) is 13.0. The smallest absolute Gasteiger partial charge is 0.410 e. The van der Waals surface area contributed by atoms with Crippen molar-refractivity contribution in [1.29, 1.82) is 0 Å². The average molecular weight is 249 g/mol. The lowest BCUT2D eigenvalue weighted by atomic mass is 9.96. The second-order valence-corrected chi connectivity index (χ2v) is 5.06. The minimum Gasteiger partial charge on any atom is -0.445 e. The third-order valence-electron chi connectivity index (χ3n) is 3.14. The van der Waals surface area contributed by atoms with Gasteiger partial charge in [0.05, 0.1) is 12.1 Å². The van der Waals surface area contributed by atoms with Crippen LogP contribution in [0.3, 0.4) is 0 Å². The van der Waals surface area contributed by atoms with E-state index < -0.39 is 5.60 Å². The maximum atomic E-state index is 11.9.